The molecule has 0 aliphatic rings. The Labute approximate surface area is 160 Å². The quantitative estimate of drug-likeness (QED) is 0.313. The van der Waals surface area contributed by atoms with E-state index in [1.807, 2.05) is 30.3 Å². The van der Waals surface area contributed by atoms with Crippen LogP contribution in [0.4, 0.5) is 10.6 Å². The van der Waals surface area contributed by atoms with Crippen LogP contribution in [0.3, 0.4) is 0 Å². The number of amides is 1. The Kier molecular flexibility index (Phi) is 6.00. The summed E-state index contributed by atoms with van der Waals surface area (Å²) in [6.07, 6.45) is -1.20. The summed E-state index contributed by atoms with van der Waals surface area (Å²) in [5, 5.41) is 14.6. The van der Waals surface area contributed by atoms with E-state index in [9.17, 15) is 14.7 Å². The van der Waals surface area contributed by atoms with Crippen LogP contribution in [0, 0.1) is 0 Å². The molecule has 0 radical (unpaired) electrons. The highest BCUT2D eigenvalue weighted by atomic mass is 32.1. The van der Waals surface area contributed by atoms with Gasteiger partial charge >= 0.3 is 6.09 Å². The van der Waals surface area contributed by atoms with Crippen molar-refractivity contribution in [3.05, 3.63) is 60.2 Å². The molecule has 0 saturated heterocycles. The molecule has 0 aliphatic carbocycles. The molecule has 8 heteroatoms. The monoisotopic (exact) mass is 384 g/mol. The van der Waals surface area contributed by atoms with Gasteiger partial charge in [-0.3, -0.25) is 4.79 Å². The van der Waals surface area contributed by atoms with Crippen molar-refractivity contribution >= 4 is 39.3 Å². The van der Waals surface area contributed by atoms with E-state index in [0.717, 1.165) is 20.9 Å². The Morgan fingerprint density at radius 2 is 1.81 bits per heavy atom. The molecule has 0 saturated carbocycles. The number of ketones is 1. The van der Waals surface area contributed by atoms with Crippen molar-refractivity contribution in [1.29, 1.82) is 0 Å². The van der Waals surface area contributed by atoms with E-state index in [4.69, 9.17) is 0 Å². The maximum Gasteiger partial charge on any atom is 0.422 e. The van der Waals surface area contributed by atoms with Gasteiger partial charge in [0.15, 0.2) is 5.78 Å². The maximum absolute atomic E-state index is 12.5. The Balaban J connectivity index is 1.57. The standard InChI is InChI=1S/C19H20N4O3S/c1-13(17(24)14-7-3-2-4-8-14)23(19(25)26)21-12-11-20-18-15-9-5-6-10-16(15)27-22-18/h2-10,13,21H,11-12H2,1H3,(H,20,22)(H,25,26). The van der Waals surface area contributed by atoms with E-state index in [1.54, 1.807) is 31.2 Å². The minimum atomic E-state index is -1.20. The van der Waals surface area contributed by atoms with Crippen molar-refractivity contribution in [3.63, 3.8) is 0 Å². The zero-order chi connectivity index (χ0) is 19.2. The number of Topliss-reactive ketones (excluding diaryl/α,β-unsaturated/α-hetero) is 1. The second-order valence-electron chi connectivity index (χ2n) is 5.92. The molecule has 1 amide bonds. The maximum atomic E-state index is 12.5. The summed E-state index contributed by atoms with van der Waals surface area (Å²) in [5.74, 6) is 0.511. The number of hydrazine groups is 1. The number of rotatable bonds is 8. The third-order valence-corrected chi connectivity index (χ3v) is 4.93. The summed E-state index contributed by atoms with van der Waals surface area (Å²) in [7, 11) is 0. The smallest absolute Gasteiger partial charge is 0.422 e. The minimum Gasteiger partial charge on any atom is -0.464 e. The van der Waals surface area contributed by atoms with Crippen molar-refractivity contribution in [2.24, 2.45) is 0 Å². The number of carbonyl (C=O) groups is 2. The van der Waals surface area contributed by atoms with E-state index < -0.39 is 12.1 Å². The van der Waals surface area contributed by atoms with Crippen LogP contribution in [0.25, 0.3) is 10.1 Å². The molecule has 3 N–H and O–H groups in total. The van der Waals surface area contributed by atoms with Crippen molar-refractivity contribution < 1.29 is 14.7 Å². The molecule has 140 valence electrons. The molecular weight excluding hydrogens is 364 g/mol. The van der Waals surface area contributed by atoms with Gasteiger partial charge in [-0.15, -0.1) is 0 Å². The van der Waals surface area contributed by atoms with Crippen LogP contribution < -0.4 is 10.7 Å². The molecular formula is C19H20N4O3S. The molecule has 3 rings (SSSR count). The van der Waals surface area contributed by atoms with Gasteiger partial charge in [0.05, 0.1) is 4.70 Å². The lowest BCUT2D eigenvalue weighted by molar-refractivity contribution is 0.0702. The van der Waals surface area contributed by atoms with Crippen molar-refractivity contribution in [3.8, 4) is 0 Å². The highest BCUT2D eigenvalue weighted by Gasteiger charge is 2.26. The Bertz CT molecular complexity index is 929. The molecule has 1 heterocycles. The largest absolute Gasteiger partial charge is 0.464 e. The second kappa shape index (κ2) is 8.61. The topological polar surface area (TPSA) is 94.6 Å². The van der Waals surface area contributed by atoms with Gasteiger partial charge in [-0.2, -0.15) is 4.37 Å². The lowest BCUT2D eigenvalue weighted by Gasteiger charge is -2.26. The molecule has 27 heavy (non-hydrogen) atoms. The summed E-state index contributed by atoms with van der Waals surface area (Å²) in [6, 6.07) is 15.7. The second-order valence-corrected chi connectivity index (χ2v) is 6.73. The number of hydrogen-bond acceptors (Lipinski definition) is 6. The third-order valence-electron chi connectivity index (χ3n) is 4.11. The first-order valence-electron chi connectivity index (χ1n) is 8.51. The zero-order valence-corrected chi connectivity index (χ0v) is 15.6. The van der Waals surface area contributed by atoms with Crippen molar-refractivity contribution in [2.75, 3.05) is 18.4 Å². The number of aromatic nitrogens is 1. The summed E-state index contributed by atoms with van der Waals surface area (Å²) >= 11 is 1.41. The highest BCUT2D eigenvalue weighted by Crippen LogP contribution is 2.25. The van der Waals surface area contributed by atoms with Crippen LogP contribution in [0.15, 0.2) is 54.6 Å². The summed E-state index contributed by atoms with van der Waals surface area (Å²) in [6.45, 7) is 2.35. The summed E-state index contributed by atoms with van der Waals surface area (Å²) in [4.78, 5) is 24.0. The van der Waals surface area contributed by atoms with Crippen LogP contribution in [0.5, 0.6) is 0 Å². The normalized spacial score (nSPS) is 11.9. The molecule has 2 aromatic carbocycles. The van der Waals surface area contributed by atoms with Gasteiger partial charge in [0.25, 0.3) is 0 Å². The van der Waals surface area contributed by atoms with E-state index in [2.05, 4.69) is 15.1 Å². The fourth-order valence-electron chi connectivity index (χ4n) is 2.70. The Morgan fingerprint density at radius 3 is 2.56 bits per heavy atom. The lowest BCUT2D eigenvalue weighted by atomic mass is 10.1. The third kappa shape index (κ3) is 4.42. The molecule has 0 bridgehead atoms. The first kappa shape index (κ1) is 18.8. The summed E-state index contributed by atoms with van der Waals surface area (Å²) in [5.41, 5.74) is 3.28. The molecule has 1 unspecified atom stereocenters. The molecule has 0 spiro atoms. The van der Waals surface area contributed by atoms with Crippen LogP contribution in [0.1, 0.15) is 17.3 Å². The van der Waals surface area contributed by atoms with Crippen LogP contribution in [-0.2, 0) is 0 Å². The predicted molar refractivity (Wildman–Crippen MR) is 106 cm³/mol. The Morgan fingerprint density at radius 1 is 1.11 bits per heavy atom. The van der Waals surface area contributed by atoms with Crippen molar-refractivity contribution in [2.45, 2.75) is 13.0 Å². The van der Waals surface area contributed by atoms with Crippen LogP contribution in [0.2, 0.25) is 0 Å². The fraction of sp³-hybridized carbons (Fsp3) is 0.211. The summed E-state index contributed by atoms with van der Waals surface area (Å²) < 4.78 is 5.45. The SMILES string of the molecule is CC(C(=O)c1ccccc1)N(NCCNc1nsc2ccccc12)C(=O)O. The van der Waals surface area contributed by atoms with Gasteiger partial charge < -0.3 is 10.4 Å². The van der Waals surface area contributed by atoms with E-state index in [0.29, 0.717) is 18.7 Å². The number of nitrogens with zero attached hydrogens (tertiary/aromatic N) is 2. The first-order valence-corrected chi connectivity index (χ1v) is 9.28. The molecule has 1 aromatic heterocycles. The van der Waals surface area contributed by atoms with Gasteiger partial charge in [0, 0.05) is 24.0 Å². The van der Waals surface area contributed by atoms with E-state index in [-0.39, 0.29) is 5.78 Å². The number of carbonyl (C=O) groups excluding carboxylic acids is 1. The number of nitrogens with one attached hydrogen (secondary N) is 2. The van der Waals surface area contributed by atoms with Gasteiger partial charge in [-0.25, -0.2) is 15.2 Å². The van der Waals surface area contributed by atoms with Gasteiger partial charge in [-0.05, 0) is 30.6 Å². The Hall–Kier alpha value is -2.97. The molecule has 0 fully saturated rings. The van der Waals surface area contributed by atoms with Crippen LogP contribution in [-0.4, -0.2) is 45.5 Å². The van der Waals surface area contributed by atoms with Gasteiger partial charge in [0.1, 0.15) is 11.9 Å². The molecule has 7 nitrogen and oxygen atoms in total. The fourth-order valence-corrected chi connectivity index (χ4v) is 3.46. The lowest BCUT2D eigenvalue weighted by Crippen LogP contribution is -2.52. The molecule has 1 atom stereocenters. The number of benzene rings is 2. The van der Waals surface area contributed by atoms with Crippen LogP contribution >= 0.6 is 11.5 Å². The zero-order valence-electron chi connectivity index (χ0n) is 14.8. The van der Waals surface area contributed by atoms with Gasteiger partial charge in [-0.1, -0.05) is 42.5 Å². The van der Waals surface area contributed by atoms with E-state index >= 15 is 0 Å². The highest BCUT2D eigenvalue weighted by molar-refractivity contribution is 7.13. The molecule has 0 aliphatic heterocycles. The number of fused-ring (bicyclic) bond motifs is 1. The number of hydrogen-bond donors (Lipinski definition) is 3. The minimum absolute atomic E-state index is 0.260. The van der Waals surface area contributed by atoms with Crippen molar-refractivity contribution in [1.82, 2.24) is 14.8 Å². The number of anilines is 1. The predicted octanol–water partition coefficient (Wildman–Crippen LogP) is 3.46. The molecule has 3 aromatic rings. The average Bonchev–Trinajstić information content (AvgIpc) is 3.10. The average molecular weight is 384 g/mol. The first-order chi connectivity index (χ1) is 13.1. The number of carboxylic acid groups (broad SMARTS) is 1. The van der Waals surface area contributed by atoms with E-state index in [1.165, 1.54) is 11.5 Å². The van der Waals surface area contributed by atoms with Gasteiger partial charge in [0.2, 0.25) is 0 Å².